The summed E-state index contributed by atoms with van der Waals surface area (Å²) in [5.41, 5.74) is 5.71. The number of anilines is 2. The molecule has 1 spiro atoms. The van der Waals surface area contributed by atoms with Crippen LogP contribution < -0.4 is 15.5 Å². The number of ether oxygens (including phenoxy) is 1. The van der Waals surface area contributed by atoms with Gasteiger partial charge in [-0.05, 0) is 39.7 Å². The molecule has 2 aromatic rings. The summed E-state index contributed by atoms with van der Waals surface area (Å²) in [4.78, 5) is 17.9. The second kappa shape index (κ2) is 8.89. The van der Waals surface area contributed by atoms with E-state index in [9.17, 15) is 5.11 Å². The zero-order chi connectivity index (χ0) is 24.1. The molecule has 3 N–H and O–H groups in total. The Morgan fingerprint density at radius 2 is 1.91 bits per heavy atom. The fourth-order valence-electron chi connectivity index (χ4n) is 5.11. The van der Waals surface area contributed by atoms with Crippen LogP contribution in [0.3, 0.4) is 0 Å². The molecule has 2 aromatic heterocycles. The van der Waals surface area contributed by atoms with Gasteiger partial charge in [0.25, 0.3) is 0 Å². The molecular weight excluding hydrogens is 455 g/mol. The van der Waals surface area contributed by atoms with Crippen LogP contribution in [0.4, 0.5) is 16.0 Å². The monoisotopic (exact) mass is 488 g/mol. The van der Waals surface area contributed by atoms with Crippen molar-refractivity contribution in [1.29, 1.82) is 0 Å². The highest BCUT2D eigenvalue weighted by Gasteiger charge is 2.47. The molecule has 0 aliphatic carbocycles. The van der Waals surface area contributed by atoms with Gasteiger partial charge >= 0.3 is 0 Å². The number of pyridine rings is 1. The van der Waals surface area contributed by atoms with Gasteiger partial charge in [0.2, 0.25) is 0 Å². The van der Waals surface area contributed by atoms with Crippen LogP contribution in [-0.4, -0.2) is 70.6 Å². The van der Waals surface area contributed by atoms with E-state index in [1.165, 1.54) is 11.8 Å². The predicted octanol–water partition coefficient (Wildman–Crippen LogP) is 2.70. The minimum Gasteiger partial charge on any atom is -0.390 e. The van der Waals surface area contributed by atoms with Crippen LogP contribution in [0.25, 0.3) is 0 Å². The number of halogens is 1. The van der Waals surface area contributed by atoms with Gasteiger partial charge in [-0.1, -0.05) is 11.8 Å². The second-order valence-corrected chi connectivity index (χ2v) is 11.5. The highest BCUT2D eigenvalue weighted by Crippen LogP contribution is 2.42. The lowest BCUT2D eigenvalue weighted by atomic mass is 9.73. The molecule has 3 aliphatic rings. The van der Waals surface area contributed by atoms with Crippen molar-refractivity contribution in [3.05, 3.63) is 30.5 Å². The number of aromatic nitrogens is 3. The molecule has 3 fully saturated rings. The normalized spacial score (nSPS) is 25.1. The van der Waals surface area contributed by atoms with E-state index in [4.69, 9.17) is 10.5 Å². The Morgan fingerprint density at radius 3 is 2.50 bits per heavy atom. The largest absolute Gasteiger partial charge is 0.390 e. The molecule has 5 rings (SSSR count). The van der Waals surface area contributed by atoms with Crippen molar-refractivity contribution >= 4 is 23.4 Å². The summed E-state index contributed by atoms with van der Waals surface area (Å²) in [6.07, 6.45) is 7.14. The molecule has 0 amide bonds. The van der Waals surface area contributed by atoms with Crippen molar-refractivity contribution in [2.75, 3.05) is 42.6 Å². The SMILES string of the molecule is C[C@@H]1OCC2(CCN(c3cnc(Sc4ccnc(N5CC(C(C)(C)O)C5)c4F)cn3)CC2)[C@@H]1N. The third-order valence-electron chi connectivity index (χ3n) is 7.77. The van der Waals surface area contributed by atoms with E-state index in [1.54, 1.807) is 38.5 Å². The van der Waals surface area contributed by atoms with E-state index >= 15 is 4.39 Å². The molecule has 8 nitrogen and oxygen atoms in total. The van der Waals surface area contributed by atoms with E-state index < -0.39 is 5.60 Å². The van der Waals surface area contributed by atoms with Gasteiger partial charge < -0.3 is 25.4 Å². The first kappa shape index (κ1) is 23.7. The molecule has 0 radical (unpaired) electrons. The summed E-state index contributed by atoms with van der Waals surface area (Å²) in [6, 6.07) is 1.74. The molecule has 5 heterocycles. The summed E-state index contributed by atoms with van der Waals surface area (Å²) in [7, 11) is 0. The van der Waals surface area contributed by atoms with E-state index in [-0.39, 0.29) is 29.3 Å². The van der Waals surface area contributed by atoms with Gasteiger partial charge in [0.15, 0.2) is 11.6 Å². The standard InChI is InChI=1S/C24H33FN6O2S/c1-15-21(26)24(14-33-15)5-8-30(9-6-24)18-10-29-19(11-28-18)34-17-4-7-27-22(20(17)25)31-12-16(13-31)23(2,3)32/h4,7,10-11,15-16,21,32H,5-6,8-9,12-14,26H2,1-3H3/t15-,21+/m0/s1. The van der Waals surface area contributed by atoms with E-state index in [2.05, 4.69) is 26.8 Å². The summed E-state index contributed by atoms with van der Waals surface area (Å²) in [5.74, 6) is 0.890. The third kappa shape index (κ3) is 4.36. The van der Waals surface area contributed by atoms with Crippen molar-refractivity contribution in [2.45, 2.75) is 61.3 Å². The third-order valence-corrected chi connectivity index (χ3v) is 8.73. The average molecular weight is 489 g/mol. The number of piperidine rings is 1. The smallest absolute Gasteiger partial charge is 0.179 e. The van der Waals surface area contributed by atoms with E-state index in [1.807, 2.05) is 4.90 Å². The van der Waals surface area contributed by atoms with Gasteiger partial charge in [-0.15, -0.1) is 0 Å². The zero-order valence-electron chi connectivity index (χ0n) is 19.9. The van der Waals surface area contributed by atoms with Gasteiger partial charge in [-0.3, -0.25) is 0 Å². The molecule has 10 heteroatoms. The van der Waals surface area contributed by atoms with Gasteiger partial charge in [0.1, 0.15) is 10.8 Å². The lowest BCUT2D eigenvalue weighted by Gasteiger charge is -2.45. The highest BCUT2D eigenvalue weighted by atomic mass is 32.2. The zero-order valence-corrected chi connectivity index (χ0v) is 20.8. The minimum atomic E-state index is -0.777. The molecule has 0 aromatic carbocycles. The number of hydrogen-bond donors (Lipinski definition) is 2. The molecule has 184 valence electrons. The lowest BCUT2D eigenvalue weighted by Crippen LogP contribution is -2.56. The van der Waals surface area contributed by atoms with Gasteiger partial charge in [-0.2, -0.15) is 0 Å². The average Bonchev–Trinajstić information content (AvgIpc) is 3.04. The molecule has 0 bridgehead atoms. The minimum absolute atomic E-state index is 0.0686. The van der Waals surface area contributed by atoms with E-state index in [0.717, 1.165) is 38.4 Å². The highest BCUT2D eigenvalue weighted by molar-refractivity contribution is 7.99. The first-order chi connectivity index (χ1) is 16.2. The van der Waals surface area contributed by atoms with Crippen LogP contribution in [0.1, 0.15) is 33.6 Å². The molecule has 3 aliphatic heterocycles. The van der Waals surface area contributed by atoms with Crippen molar-refractivity contribution in [3.63, 3.8) is 0 Å². The molecule has 2 atom stereocenters. The van der Waals surface area contributed by atoms with E-state index in [0.29, 0.717) is 28.8 Å². The quantitative estimate of drug-likeness (QED) is 0.658. The number of aliphatic hydroxyl groups is 1. The molecule has 0 saturated carbocycles. The van der Waals surface area contributed by atoms with Crippen molar-refractivity contribution in [2.24, 2.45) is 17.1 Å². The number of nitrogens with two attached hydrogens (primary N) is 1. The maximum absolute atomic E-state index is 15.2. The van der Waals surface area contributed by atoms with Crippen LogP contribution in [-0.2, 0) is 4.74 Å². The maximum Gasteiger partial charge on any atom is 0.179 e. The number of hydrogen-bond acceptors (Lipinski definition) is 9. The Kier molecular flexibility index (Phi) is 6.20. The Labute approximate surface area is 204 Å². The second-order valence-electron chi connectivity index (χ2n) is 10.4. The maximum atomic E-state index is 15.2. The topological polar surface area (TPSA) is 101 Å². The van der Waals surface area contributed by atoms with Crippen LogP contribution in [0, 0.1) is 17.2 Å². The fraction of sp³-hybridized carbons (Fsp3) is 0.625. The number of rotatable bonds is 5. The van der Waals surface area contributed by atoms with Gasteiger partial charge in [0.05, 0.1) is 35.6 Å². The number of nitrogens with zero attached hydrogens (tertiary/aromatic N) is 5. The summed E-state index contributed by atoms with van der Waals surface area (Å²) in [5, 5.41) is 10.8. The summed E-state index contributed by atoms with van der Waals surface area (Å²) >= 11 is 1.24. The fourth-order valence-corrected chi connectivity index (χ4v) is 5.85. The van der Waals surface area contributed by atoms with Gasteiger partial charge in [0, 0.05) is 49.8 Å². The lowest BCUT2D eigenvalue weighted by molar-refractivity contribution is 0.00416. The van der Waals surface area contributed by atoms with Crippen LogP contribution in [0.5, 0.6) is 0 Å². The predicted molar refractivity (Wildman–Crippen MR) is 130 cm³/mol. The van der Waals surface area contributed by atoms with Crippen LogP contribution in [0.15, 0.2) is 34.6 Å². The van der Waals surface area contributed by atoms with Crippen LogP contribution in [0.2, 0.25) is 0 Å². The Bertz CT molecular complexity index is 1020. The molecular formula is C24H33FN6O2S. The first-order valence-electron chi connectivity index (χ1n) is 11.9. The Balaban J connectivity index is 1.21. The summed E-state index contributed by atoms with van der Waals surface area (Å²) in [6.45, 7) is 9.27. The molecule has 34 heavy (non-hydrogen) atoms. The Hall–Kier alpha value is -2.01. The van der Waals surface area contributed by atoms with Crippen molar-refractivity contribution in [1.82, 2.24) is 15.0 Å². The molecule has 3 saturated heterocycles. The first-order valence-corrected chi connectivity index (χ1v) is 12.7. The van der Waals surface area contributed by atoms with Crippen molar-refractivity contribution in [3.8, 4) is 0 Å². The van der Waals surface area contributed by atoms with Gasteiger partial charge in [-0.25, -0.2) is 19.3 Å². The Morgan fingerprint density at radius 1 is 1.18 bits per heavy atom. The van der Waals surface area contributed by atoms with Crippen LogP contribution >= 0.6 is 11.8 Å². The summed E-state index contributed by atoms with van der Waals surface area (Å²) < 4.78 is 21.0. The van der Waals surface area contributed by atoms with Crippen molar-refractivity contribution < 1.29 is 14.2 Å². The molecule has 0 unspecified atom stereocenters.